The van der Waals surface area contributed by atoms with Crippen molar-refractivity contribution in [1.82, 2.24) is 4.57 Å². The third-order valence-corrected chi connectivity index (χ3v) is 3.56. The van der Waals surface area contributed by atoms with E-state index in [1.54, 1.807) is 24.2 Å². The van der Waals surface area contributed by atoms with E-state index < -0.39 is 0 Å². The van der Waals surface area contributed by atoms with Crippen LogP contribution in [0, 0.1) is 6.92 Å². The summed E-state index contributed by atoms with van der Waals surface area (Å²) < 4.78 is 7.02. The van der Waals surface area contributed by atoms with Gasteiger partial charge in [-0.25, -0.2) is 0 Å². The molecular weight excluding hydrogens is 268 g/mol. The first-order valence-corrected chi connectivity index (χ1v) is 6.78. The van der Waals surface area contributed by atoms with Crippen molar-refractivity contribution in [3.63, 3.8) is 0 Å². The van der Waals surface area contributed by atoms with Crippen LogP contribution in [0.5, 0.6) is 5.75 Å². The summed E-state index contributed by atoms with van der Waals surface area (Å²) in [4.78, 5) is 25.8. The molecule has 0 bridgehead atoms. The summed E-state index contributed by atoms with van der Waals surface area (Å²) in [5, 5.41) is 0. The van der Waals surface area contributed by atoms with Gasteiger partial charge in [-0.05, 0) is 30.7 Å². The fourth-order valence-corrected chi connectivity index (χ4v) is 2.41. The number of benzene rings is 1. The van der Waals surface area contributed by atoms with Gasteiger partial charge in [0.15, 0.2) is 0 Å². The van der Waals surface area contributed by atoms with Crippen molar-refractivity contribution in [3.05, 3.63) is 58.0 Å². The second kappa shape index (κ2) is 5.09. The summed E-state index contributed by atoms with van der Waals surface area (Å²) in [6.07, 6.45) is 1.56. The fourth-order valence-electron chi connectivity index (χ4n) is 2.41. The number of aromatic nitrogens is 1. The van der Waals surface area contributed by atoms with E-state index in [2.05, 4.69) is 0 Å². The Balaban J connectivity index is 2.00. The zero-order valence-corrected chi connectivity index (χ0v) is 12.0. The molecule has 1 aliphatic rings. The summed E-state index contributed by atoms with van der Waals surface area (Å²) in [5.74, 6) is 0.596. The summed E-state index contributed by atoms with van der Waals surface area (Å²) in [6, 6.07) is 8.74. The Bertz CT molecular complexity index is 764. The van der Waals surface area contributed by atoms with E-state index in [1.807, 2.05) is 25.1 Å². The maximum atomic E-state index is 12.7. The van der Waals surface area contributed by atoms with Crippen molar-refractivity contribution in [2.24, 2.45) is 7.05 Å². The van der Waals surface area contributed by atoms with E-state index in [1.165, 1.54) is 10.6 Å². The van der Waals surface area contributed by atoms with Gasteiger partial charge in [-0.3, -0.25) is 9.59 Å². The minimum Gasteiger partial charge on any atom is -0.490 e. The fraction of sp³-hybridized carbons (Fsp3) is 0.250. The maximum Gasteiger partial charge on any atom is 0.259 e. The van der Waals surface area contributed by atoms with Crippen LogP contribution in [0.15, 0.2) is 41.3 Å². The van der Waals surface area contributed by atoms with Crippen molar-refractivity contribution < 1.29 is 9.53 Å². The number of carbonyl (C=O) groups excluding carboxylic acids is 1. The van der Waals surface area contributed by atoms with Crippen LogP contribution < -0.4 is 15.2 Å². The Morgan fingerprint density at radius 3 is 2.81 bits per heavy atom. The largest absolute Gasteiger partial charge is 0.490 e. The van der Waals surface area contributed by atoms with Crippen LogP contribution in [0.25, 0.3) is 0 Å². The predicted octanol–water partition coefficient (Wildman–Crippen LogP) is 1.73. The molecule has 1 aromatic heterocycles. The average molecular weight is 284 g/mol. The smallest absolute Gasteiger partial charge is 0.259 e. The van der Waals surface area contributed by atoms with Crippen LogP contribution in [0.2, 0.25) is 0 Å². The third kappa shape index (κ3) is 2.42. The van der Waals surface area contributed by atoms with Gasteiger partial charge in [-0.1, -0.05) is 6.07 Å². The highest BCUT2D eigenvalue weighted by atomic mass is 16.5. The molecule has 1 aliphatic heterocycles. The Kier molecular flexibility index (Phi) is 3.25. The lowest BCUT2D eigenvalue weighted by atomic mass is 10.1. The molecule has 5 nitrogen and oxygen atoms in total. The molecule has 0 fully saturated rings. The van der Waals surface area contributed by atoms with Gasteiger partial charge in [-0.2, -0.15) is 0 Å². The van der Waals surface area contributed by atoms with E-state index in [9.17, 15) is 9.59 Å². The zero-order chi connectivity index (χ0) is 15.0. The molecule has 3 rings (SSSR count). The van der Waals surface area contributed by atoms with Crippen molar-refractivity contribution in [2.45, 2.75) is 6.92 Å². The highest BCUT2D eigenvalue weighted by molar-refractivity contribution is 6.07. The van der Waals surface area contributed by atoms with Gasteiger partial charge >= 0.3 is 0 Å². The molecule has 0 radical (unpaired) electrons. The Morgan fingerprint density at radius 1 is 1.24 bits per heavy atom. The topological polar surface area (TPSA) is 51.5 Å². The molecule has 0 saturated carbocycles. The van der Waals surface area contributed by atoms with E-state index in [0.29, 0.717) is 18.7 Å². The number of hydrogen-bond acceptors (Lipinski definition) is 3. The maximum absolute atomic E-state index is 12.7. The van der Waals surface area contributed by atoms with Crippen molar-refractivity contribution in [1.29, 1.82) is 0 Å². The number of nitrogens with zero attached hydrogens (tertiary/aromatic N) is 2. The number of hydrogen-bond donors (Lipinski definition) is 0. The highest BCUT2D eigenvalue weighted by Crippen LogP contribution is 2.33. The summed E-state index contributed by atoms with van der Waals surface area (Å²) in [6.45, 7) is 2.95. The Hall–Kier alpha value is -2.56. The Morgan fingerprint density at radius 2 is 2.05 bits per heavy atom. The van der Waals surface area contributed by atoms with Crippen LogP contribution in [0.4, 0.5) is 5.69 Å². The quantitative estimate of drug-likeness (QED) is 0.801. The predicted molar refractivity (Wildman–Crippen MR) is 80.0 cm³/mol. The van der Waals surface area contributed by atoms with Crippen LogP contribution in [-0.2, 0) is 7.05 Å². The number of carbonyl (C=O) groups is 1. The summed E-state index contributed by atoms with van der Waals surface area (Å²) in [5.41, 5.74) is 2.21. The normalized spacial score (nSPS) is 13.5. The molecular formula is C16H16N2O3. The standard InChI is InChI=1S/C16H16N2O3/c1-11-3-5-13-14(9-11)21-8-7-18(13)16(20)12-4-6-15(19)17(2)10-12/h3-6,9-10H,7-8H2,1-2H3. The van der Waals surface area contributed by atoms with Crippen LogP contribution >= 0.6 is 0 Å². The molecule has 0 saturated heterocycles. The number of aryl methyl sites for hydroxylation is 2. The van der Waals surface area contributed by atoms with Gasteiger partial charge < -0.3 is 14.2 Å². The van der Waals surface area contributed by atoms with Gasteiger partial charge in [0, 0.05) is 19.3 Å². The minimum atomic E-state index is -0.135. The lowest BCUT2D eigenvalue weighted by Crippen LogP contribution is -2.38. The van der Waals surface area contributed by atoms with E-state index in [-0.39, 0.29) is 11.5 Å². The lowest BCUT2D eigenvalue weighted by molar-refractivity contribution is 0.0976. The SMILES string of the molecule is Cc1ccc2c(c1)OCCN2C(=O)c1ccc(=O)n(C)c1. The molecule has 21 heavy (non-hydrogen) atoms. The van der Waals surface area contributed by atoms with E-state index in [0.717, 1.165) is 17.0 Å². The summed E-state index contributed by atoms with van der Waals surface area (Å²) in [7, 11) is 1.63. The number of ether oxygens (including phenoxy) is 1. The molecule has 1 aromatic carbocycles. The van der Waals surface area contributed by atoms with Crippen molar-refractivity contribution >= 4 is 11.6 Å². The van der Waals surface area contributed by atoms with Gasteiger partial charge in [0.2, 0.25) is 5.56 Å². The molecule has 2 heterocycles. The molecule has 0 atom stereocenters. The second-order valence-corrected chi connectivity index (χ2v) is 5.14. The third-order valence-electron chi connectivity index (χ3n) is 3.56. The lowest BCUT2D eigenvalue weighted by Gasteiger charge is -2.29. The number of rotatable bonds is 1. The molecule has 108 valence electrons. The molecule has 5 heteroatoms. The molecule has 1 amide bonds. The molecule has 0 spiro atoms. The monoisotopic (exact) mass is 284 g/mol. The van der Waals surface area contributed by atoms with Gasteiger partial charge in [-0.15, -0.1) is 0 Å². The summed E-state index contributed by atoms with van der Waals surface area (Å²) >= 11 is 0. The van der Waals surface area contributed by atoms with Crippen molar-refractivity contribution in [3.8, 4) is 5.75 Å². The Labute approximate surface area is 122 Å². The highest BCUT2D eigenvalue weighted by Gasteiger charge is 2.24. The van der Waals surface area contributed by atoms with Gasteiger partial charge in [0.1, 0.15) is 12.4 Å². The van der Waals surface area contributed by atoms with Gasteiger partial charge in [0.25, 0.3) is 5.91 Å². The minimum absolute atomic E-state index is 0.126. The van der Waals surface area contributed by atoms with Crippen LogP contribution in [0.1, 0.15) is 15.9 Å². The van der Waals surface area contributed by atoms with E-state index >= 15 is 0 Å². The zero-order valence-electron chi connectivity index (χ0n) is 12.0. The number of amides is 1. The second-order valence-electron chi connectivity index (χ2n) is 5.14. The first-order chi connectivity index (χ1) is 10.1. The van der Waals surface area contributed by atoms with Crippen LogP contribution in [-0.4, -0.2) is 23.6 Å². The van der Waals surface area contributed by atoms with Crippen LogP contribution in [0.3, 0.4) is 0 Å². The first kappa shape index (κ1) is 13.4. The molecule has 2 aromatic rings. The molecule has 0 aliphatic carbocycles. The molecule has 0 N–H and O–H groups in total. The van der Waals surface area contributed by atoms with Gasteiger partial charge in [0.05, 0.1) is 17.8 Å². The van der Waals surface area contributed by atoms with E-state index in [4.69, 9.17) is 4.74 Å². The number of fused-ring (bicyclic) bond motifs is 1. The first-order valence-electron chi connectivity index (χ1n) is 6.78. The average Bonchev–Trinajstić information content (AvgIpc) is 2.48. The number of pyridine rings is 1. The molecule has 0 unspecified atom stereocenters. The number of anilines is 1. The van der Waals surface area contributed by atoms with Crippen molar-refractivity contribution in [2.75, 3.05) is 18.1 Å².